The van der Waals surface area contributed by atoms with Gasteiger partial charge in [-0.05, 0) is 46.1 Å². The Morgan fingerprint density at radius 2 is 2.06 bits per heavy atom. The first kappa shape index (κ1) is 12.9. The van der Waals surface area contributed by atoms with E-state index in [1.165, 1.54) is 12.1 Å². The number of halogens is 2. The van der Waals surface area contributed by atoms with Crippen LogP contribution in [0.2, 0.25) is 0 Å². The van der Waals surface area contributed by atoms with Crippen molar-refractivity contribution >= 4 is 21.6 Å². The van der Waals surface area contributed by atoms with Crippen molar-refractivity contribution in [1.29, 1.82) is 0 Å². The van der Waals surface area contributed by atoms with Gasteiger partial charge < -0.3 is 10.5 Å². The normalized spacial score (nSPS) is 10.4. The Hall–Kier alpha value is -1.55. The topological polar surface area (TPSA) is 35.2 Å². The smallest absolute Gasteiger partial charge is 0.153 e. The van der Waals surface area contributed by atoms with Crippen LogP contribution in [0, 0.1) is 5.82 Å². The molecule has 0 fully saturated rings. The third-order valence-corrected chi connectivity index (χ3v) is 3.19. The predicted molar refractivity (Wildman–Crippen MR) is 74.4 cm³/mol. The molecule has 0 radical (unpaired) electrons. The molecule has 0 bridgehead atoms. The zero-order valence-electron chi connectivity index (χ0n) is 9.91. The van der Waals surface area contributed by atoms with E-state index in [1.807, 2.05) is 24.3 Å². The van der Waals surface area contributed by atoms with E-state index in [9.17, 15) is 4.39 Å². The van der Waals surface area contributed by atoms with Crippen LogP contribution in [-0.2, 0) is 6.42 Å². The maximum absolute atomic E-state index is 13.4. The monoisotopic (exact) mass is 309 g/mol. The maximum Gasteiger partial charge on any atom is 0.153 e. The van der Waals surface area contributed by atoms with E-state index in [1.54, 1.807) is 0 Å². The summed E-state index contributed by atoms with van der Waals surface area (Å²) in [4.78, 5) is 0. The van der Waals surface area contributed by atoms with Crippen molar-refractivity contribution < 1.29 is 9.13 Å². The largest absolute Gasteiger partial charge is 0.455 e. The lowest BCUT2D eigenvalue weighted by atomic mass is 10.2. The van der Waals surface area contributed by atoms with Crippen LogP contribution >= 0.6 is 15.9 Å². The van der Waals surface area contributed by atoms with Crippen LogP contribution in [0.3, 0.4) is 0 Å². The number of anilines is 1. The van der Waals surface area contributed by atoms with Crippen LogP contribution in [0.5, 0.6) is 11.5 Å². The first-order valence-electron chi connectivity index (χ1n) is 5.61. The predicted octanol–water partition coefficient (Wildman–Crippen LogP) is 4.53. The van der Waals surface area contributed by atoms with Crippen LogP contribution in [0.1, 0.15) is 12.5 Å². The molecule has 0 aliphatic heterocycles. The minimum atomic E-state index is -0.397. The van der Waals surface area contributed by atoms with Crippen molar-refractivity contribution in [3.05, 3.63) is 52.3 Å². The molecular formula is C14H13BrFNO. The van der Waals surface area contributed by atoms with Crippen molar-refractivity contribution in [3.8, 4) is 11.5 Å². The molecule has 2 aromatic carbocycles. The van der Waals surface area contributed by atoms with E-state index in [0.29, 0.717) is 21.7 Å². The summed E-state index contributed by atoms with van der Waals surface area (Å²) in [6, 6.07) is 10.4. The van der Waals surface area contributed by atoms with Gasteiger partial charge in [-0.3, -0.25) is 0 Å². The Morgan fingerprint density at radius 1 is 1.28 bits per heavy atom. The number of ether oxygens (including phenoxy) is 1. The number of nitrogen functional groups attached to an aromatic ring is 1. The lowest BCUT2D eigenvalue weighted by Crippen LogP contribution is -1.94. The van der Waals surface area contributed by atoms with E-state index < -0.39 is 5.82 Å². The molecule has 0 unspecified atom stereocenters. The second-order valence-electron chi connectivity index (χ2n) is 3.91. The van der Waals surface area contributed by atoms with Crippen LogP contribution in [0.25, 0.3) is 0 Å². The standard InChI is InChI=1S/C14H13BrFNO/c1-2-9-4-3-5-10(6-9)18-14-8-12(16)11(15)7-13(14)17/h3-8H,2,17H2,1H3. The Balaban J connectivity index is 2.30. The van der Waals surface area contributed by atoms with Crippen molar-refractivity contribution in [2.24, 2.45) is 0 Å². The molecule has 2 nitrogen and oxygen atoms in total. The van der Waals surface area contributed by atoms with E-state index >= 15 is 0 Å². The molecule has 0 aromatic heterocycles. The van der Waals surface area contributed by atoms with Crippen molar-refractivity contribution in [2.45, 2.75) is 13.3 Å². The summed E-state index contributed by atoms with van der Waals surface area (Å²) in [6.45, 7) is 2.06. The molecule has 0 amide bonds. The SMILES string of the molecule is CCc1cccc(Oc2cc(F)c(Br)cc2N)c1. The van der Waals surface area contributed by atoms with Gasteiger partial charge in [0.05, 0.1) is 10.2 Å². The molecule has 18 heavy (non-hydrogen) atoms. The Kier molecular flexibility index (Phi) is 3.87. The van der Waals surface area contributed by atoms with Crippen LogP contribution in [0.4, 0.5) is 10.1 Å². The van der Waals surface area contributed by atoms with Gasteiger partial charge in [-0.2, -0.15) is 0 Å². The number of nitrogens with two attached hydrogens (primary N) is 1. The number of rotatable bonds is 3. The Morgan fingerprint density at radius 3 is 2.78 bits per heavy atom. The molecule has 2 N–H and O–H groups in total. The third-order valence-electron chi connectivity index (χ3n) is 2.59. The molecule has 2 aromatic rings. The summed E-state index contributed by atoms with van der Waals surface area (Å²) in [7, 11) is 0. The second kappa shape index (κ2) is 5.40. The highest BCUT2D eigenvalue weighted by molar-refractivity contribution is 9.10. The summed E-state index contributed by atoms with van der Waals surface area (Å²) < 4.78 is 19.4. The molecule has 94 valence electrons. The van der Waals surface area contributed by atoms with Gasteiger partial charge in [0.2, 0.25) is 0 Å². The van der Waals surface area contributed by atoms with E-state index in [2.05, 4.69) is 22.9 Å². The van der Waals surface area contributed by atoms with Gasteiger partial charge in [0.25, 0.3) is 0 Å². The third kappa shape index (κ3) is 2.82. The van der Waals surface area contributed by atoms with Gasteiger partial charge in [-0.25, -0.2) is 4.39 Å². The summed E-state index contributed by atoms with van der Waals surface area (Å²) in [6.07, 6.45) is 0.918. The summed E-state index contributed by atoms with van der Waals surface area (Å²) in [5.74, 6) is 0.581. The highest BCUT2D eigenvalue weighted by Crippen LogP contribution is 2.32. The molecule has 0 saturated carbocycles. The first-order chi connectivity index (χ1) is 8.60. The molecule has 0 heterocycles. The molecule has 0 saturated heterocycles. The van der Waals surface area contributed by atoms with E-state index in [0.717, 1.165) is 12.0 Å². The molecule has 0 aliphatic carbocycles. The Labute approximate surface area is 114 Å². The van der Waals surface area contributed by atoms with Gasteiger partial charge in [0.15, 0.2) is 5.75 Å². The zero-order chi connectivity index (χ0) is 13.1. The van der Waals surface area contributed by atoms with Gasteiger partial charge in [0, 0.05) is 6.07 Å². The average molecular weight is 310 g/mol. The minimum absolute atomic E-state index is 0.323. The fourth-order valence-electron chi connectivity index (χ4n) is 1.59. The zero-order valence-corrected chi connectivity index (χ0v) is 11.5. The summed E-state index contributed by atoms with van der Waals surface area (Å²) >= 11 is 3.08. The number of hydrogen-bond acceptors (Lipinski definition) is 2. The molecule has 4 heteroatoms. The Bertz CT molecular complexity index is 572. The fraction of sp³-hybridized carbons (Fsp3) is 0.143. The number of benzene rings is 2. The van der Waals surface area contributed by atoms with E-state index in [4.69, 9.17) is 10.5 Å². The molecule has 0 aliphatic rings. The quantitative estimate of drug-likeness (QED) is 0.846. The summed E-state index contributed by atoms with van der Waals surface area (Å²) in [5.41, 5.74) is 7.34. The van der Waals surface area contributed by atoms with Crippen LogP contribution in [-0.4, -0.2) is 0 Å². The van der Waals surface area contributed by atoms with Gasteiger partial charge in [-0.15, -0.1) is 0 Å². The molecule has 0 spiro atoms. The fourth-order valence-corrected chi connectivity index (χ4v) is 1.95. The van der Waals surface area contributed by atoms with Crippen molar-refractivity contribution in [3.63, 3.8) is 0 Å². The van der Waals surface area contributed by atoms with Crippen LogP contribution in [0.15, 0.2) is 40.9 Å². The summed E-state index contributed by atoms with van der Waals surface area (Å²) in [5, 5.41) is 0. The van der Waals surface area contributed by atoms with Crippen LogP contribution < -0.4 is 10.5 Å². The number of hydrogen-bond donors (Lipinski definition) is 1. The van der Waals surface area contributed by atoms with Crippen molar-refractivity contribution in [2.75, 3.05) is 5.73 Å². The van der Waals surface area contributed by atoms with Gasteiger partial charge in [-0.1, -0.05) is 19.1 Å². The second-order valence-corrected chi connectivity index (χ2v) is 4.76. The average Bonchev–Trinajstić information content (AvgIpc) is 2.36. The highest BCUT2D eigenvalue weighted by Gasteiger charge is 2.08. The van der Waals surface area contributed by atoms with Gasteiger partial charge >= 0.3 is 0 Å². The van der Waals surface area contributed by atoms with E-state index in [-0.39, 0.29) is 0 Å². The molecule has 2 rings (SSSR count). The molecular weight excluding hydrogens is 297 g/mol. The lowest BCUT2D eigenvalue weighted by Gasteiger charge is -2.10. The molecule has 0 atom stereocenters. The highest BCUT2D eigenvalue weighted by atomic mass is 79.9. The van der Waals surface area contributed by atoms with Crippen molar-refractivity contribution in [1.82, 2.24) is 0 Å². The van der Waals surface area contributed by atoms with Gasteiger partial charge in [0.1, 0.15) is 11.6 Å². The number of aryl methyl sites for hydroxylation is 1. The first-order valence-corrected chi connectivity index (χ1v) is 6.40. The minimum Gasteiger partial charge on any atom is -0.455 e. The maximum atomic E-state index is 13.4. The lowest BCUT2D eigenvalue weighted by molar-refractivity contribution is 0.478.